The number of hydrogen-bond donors (Lipinski definition) is 1. The molecule has 1 aromatic rings. The number of ether oxygens (including phenoxy) is 1. The lowest BCUT2D eigenvalue weighted by atomic mass is 10.1. The van der Waals surface area contributed by atoms with E-state index in [1.165, 1.54) is 31.2 Å². The number of carbonyl (C=O) groups excluding carboxylic acids is 2. The van der Waals surface area contributed by atoms with Crippen molar-refractivity contribution in [3.8, 4) is 0 Å². The second kappa shape index (κ2) is 6.20. The van der Waals surface area contributed by atoms with Gasteiger partial charge < -0.3 is 4.74 Å². The number of Topliss-reactive ketones (excluding diaryl/α,β-unsaturated/α-hetero) is 1. The molecule has 0 radical (unpaired) electrons. The van der Waals surface area contributed by atoms with Crippen LogP contribution in [0.1, 0.15) is 30.6 Å². The van der Waals surface area contributed by atoms with Gasteiger partial charge >= 0.3 is 5.97 Å². The zero-order valence-corrected chi connectivity index (χ0v) is 15.6. The zero-order valence-electron chi connectivity index (χ0n) is 13.3. The van der Waals surface area contributed by atoms with Crippen molar-refractivity contribution in [2.75, 3.05) is 11.0 Å². The Morgan fingerprint density at radius 1 is 1.25 bits per heavy atom. The number of rotatable bonds is 6. The molecule has 1 aromatic carbocycles. The fraction of sp³-hybridized carbons (Fsp3) is 0.467. The fourth-order valence-corrected chi connectivity index (χ4v) is 3.37. The first-order chi connectivity index (χ1) is 10.9. The Morgan fingerprint density at radius 2 is 1.75 bits per heavy atom. The maximum Gasteiger partial charge on any atom is 0.315 e. The summed E-state index contributed by atoms with van der Waals surface area (Å²) in [6, 6.07) is 5.81. The first-order valence-corrected chi connectivity index (χ1v) is 9.71. The predicted octanol–water partition coefficient (Wildman–Crippen LogP) is 2.76. The molecule has 0 spiro atoms. The predicted molar refractivity (Wildman–Crippen MR) is 92.0 cm³/mol. The SMILES string of the molecule is C[C@H](OC(=O)[C@@]1(C)CC1(Cl)Cl)C(=O)c1ccc(NS(C)(=O)=O)cc1. The number of anilines is 1. The Labute approximate surface area is 150 Å². The molecular weight excluding hydrogens is 377 g/mol. The quantitative estimate of drug-likeness (QED) is 0.455. The molecule has 1 fully saturated rings. The van der Waals surface area contributed by atoms with Gasteiger partial charge in [0.15, 0.2) is 6.10 Å². The standard InChI is InChI=1S/C15H17Cl2NO5S/c1-9(23-13(20)14(2)8-15(14,16)17)12(19)10-4-6-11(7-5-10)18-24(3,21)22/h4-7,9,18H,8H2,1-3H3/t9-,14+/m0/s1. The summed E-state index contributed by atoms with van der Waals surface area (Å²) >= 11 is 11.8. The molecule has 0 saturated heterocycles. The van der Waals surface area contributed by atoms with Crippen LogP contribution in [0.4, 0.5) is 5.69 Å². The van der Waals surface area contributed by atoms with Crippen LogP contribution in [0.5, 0.6) is 0 Å². The fourth-order valence-electron chi connectivity index (χ4n) is 2.12. The van der Waals surface area contributed by atoms with E-state index >= 15 is 0 Å². The van der Waals surface area contributed by atoms with Crippen LogP contribution in [-0.4, -0.2) is 36.9 Å². The van der Waals surface area contributed by atoms with Gasteiger partial charge in [-0.3, -0.25) is 14.3 Å². The number of sulfonamides is 1. The average molecular weight is 394 g/mol. The number of ketones is 1. The molecule has 2 atom stereocenters. The molecule has 2 rings (SSSR count). The van der Waals surface area contributed by atoms with Crippen LogP contribution in [0, 0.1) is 5.41 Å². The van der Waals surface area contributed by atoms with E-state index in [2.05, 4.69) is 4.72 Å². The Bertz CT molecular complexity index is 776. The Balaban J connectivity index is 2.02. The molecular formula is C15H17Cl2NO5S. The molecule has 1 aliphatic carbocycles. The van der Waals surface area contributed by atoms with Gasteiger partial charge in [-0.25, -0.2) is 8.42 Å². The molecule has 0 bridgehead atoms. The summed E-state index contributed by atoms with van der Waals surface area (Å²) in [5.74, 6) is -1.03. The smallest absolute Gasteiger partial charge is 0.315 e. The van der Waals surface area contributed by atoms with E-state index in [0.29, 0.717) is 11.3 Å². The van der Waals surface area contributed by atoms with Crippen molar-refractivity contribution >= 4 is 50.7 Å². The Hall–Kier alpha value is -1.31. The Morgan fingerprint density at radius 3 is 2.17 bits per heavy atom. The summed E-state index contributed by atoms with van der Waals surface area (Å²) in [5.41, 5.74) is -0.384. The van der Waals surface area contributed by atoms with E-state index in [4.69, 9.17) is 27.9 Å². The second-order valence-corrected chi connectivity index (χ2v) is 9.31. The van der Waals surface area contributed by atoms with E-state index in [9.17, 15) is 18.0 Å². The largest absolute Gasteiger partial charge is 0.454 e. The molecule has 24 heavy (non-hydrogen) atoms. The lowest BCUT2D eigenvalue weighted by Gasteiger charge is -2.16. The van der Waals surface area contributed by atoms with Crippen LogP contribution in [-0.2, 0) is 19.6 Å². The highest BCUT2D eigenvalue weighted by molar-refractivity contribution is 7.92. The van der Waals surface area contributed by atoms with E-state index in [1.807, 2.05) is 0 Å². The van der Waals surface area contributed by atoms with Crippen LogP contribution in [0.3, 0.4) is 0 Å². The van der Waals surface area contributed by atoms with Crippen molar-refractivity contribution < 1.29 is 22.7 Å². The topological polar surface area (TPSA) is 89.5 Å². The molecule has 9 heteroatoms. The number of halogens is 2. The molecule has 1 aliphatic rings. The van der Waals surface area contributed by atoms with Gasteiger partial charge in [0.25, 0.3) is 0 Å². The monoisotopic (exact) mass is 393 g/mol. The summed E-state index contributed by atoms with van der Waals surface area (Å²) in [4.78, 5) is 24.4. The number of alkyl halides is 2. The number of esters is 1. The van der Waals surface area contributed by atoms with Gasteiger partial charge in [-0.15, -0.1) is 23.2 Å². The summed E-state index contributed by atoms with van der Waals surface area (Å²) in [7, 11) is -3.39. The molecule has 1 N–H and O–H groups in total. The zero-order chi connectivity index (χ0) is 18.3. The van der Waals surface area contributed by atoms with E-state index < -0.39 is 37.6 Å². The minimum atomic E-state index is -3.39. The first kappa shape index (κ1) is 19.0. The molecule has 132 valence electrons. The van der Waals surface area contributed by atoms with Crippen molar-refractivity contribution in [2.45, 2.75) is 30.7 Å². The minimum Gasteiger partial charge on any atom is -0.454 e. The summed E-state index contributed by atoms with van der Waals surface area (Å²) < 4.78 is 28.6. The maximum absolute atomic E-state index is 12.3. The molecule has 6 nitrogen and oxygen atoms in total. The van der Waals surface area contributed by atoms with E-state index in [1.54, 1.807) is 6.92 Å². The Kier molecular flexibility index (Phi) is 4.92. The summed E-state index contributed by atoms with van der Waals surface area (Å²) in [6.45, 7) is 3.04. The van der Waals surface area contributed by atoms with Gasteiger partial charge in [-0.2, -0.15) is 0 Å². The molecule has 0 unspecified atom stereocenters. The van der Waals surface area contributed by atoms with Crippen molar-refractivity contribution in [2.24, 2.45) is 5.41 Å². The maximum atomic E-state index is 12.3. The first-order valence-electron chi connectivity index (χ1n) is 7.07. The van der Waals surface area contributed by atoms with E-state index in [0.717, 1.165) is 6.26 Å². The molecule has 0 amide bonds. The van der Waals surface area contributed by atoms with Crippen LogP contribution in [0.25, 0.3) is 0 Å². The number of hydrogen-bond acceptors (Lipinski definition) is 5. The van der Waals surface area contributed by atoms with Gasteiger partial charge in [0, 0.05) is 17.7 Å². The third-order valence-electron chi connectivity index (χ3n) is 3.83. The van der Waals surface area contributed by atoms with Gasteiger partial charge in [0.1, 0.15) is 9.75 Å². The number of benzene rings is 1. The lowest BCUT2D eigenvalue weighted by molar-refractivity contribution is -0.152. The highest BCUT2D eigenvalue weighted by Gasteiger charge is 2.69. The van der Waals surface area contributed by atoms with E-state index in [-0.39, 0.29) is 6.42 Å². The minimum absolute atomic E-state index is 0.273. The molecule has 0 aromatic heterocycles. The van der Waals surface area contributed by atoms with Gasteiger partial charge in [-0.1, -0.05) is 0 Å². The number of nitrogens with one attached hydrogen (secondary N) is 1. The van der Waals surface area contributed by atoms with Crippen LogP contribution in [0.2, 0.25) is 0 Å². The van der Waals surface area contributed by atoms with Crippen molar-refractivity contribution in [1.29, 1.82) is 0 Å². The van der Waals surface area contributed by atoms with Crippen LogP contribution < -0.4 is 4.72 Å². The third kappa shape index (κ3) is 4.02. The summed E-state index contributed by atoms with van der Waals surface area (Å²) in [5, 5.41) is 0. The molecule has 0 aliphatic heterocycles. The second-order valence-electron chi connectivity index (χ2n) is 6.08. The highest BCUT2D eigenvalue weighted by Crippen LogP contribution is 2.64. The van der Waals surface area contributed by atoms with Crippen molar-refractivity contribution in [1.82, 2.24) is 0 Å². The van der Waals surface area contributed by atoms with Gasteiger partial charge in [0.05, 0.1) is 6.26 Å². The van der Waals surface area contributed by atoms with Crippen LogP contribution in [0.15, 0.2) is 24.3 Å². The van der Waals surface area contributed by atoms with Crippen molar-refractivity contribution in [3.63, 3.8) is 0 Å². The van der Waals surface area contributed by atoms with Crippen molar-refractivity contribution in [3.05, 3.63) is 29.8 Å². The van der Waals surface area contributed by atoms with Gasteiger partial charge in [0.2, 0.25) is 15.8 Å². The normalized spacial score (nSPS) is 23.2. The molecule has 0 heterocycles. The molecule has 1 saturated carbocycles. The lowest BCUT2D eigenvalue weighted by Crippen LogP contribution is -2.30. The van der Waals surface area contributed by atoms with Gasteiger partial charge in [-0.05, 0) is 38.1 Å². The average Bonchev–Trinajstić information content (AvgIpc) is 2.97. The highest BCUT2D eigenvalue weighted by atomic mass is 35.5. The third-order valence-corrected chi connectivity index (χ3v) is 5.54. The summed E-state index contributed by atoms with van der Waals surface area (Å²) in [6.07, 6.45) is 0.293. The number of carbonyl (C=O) groups is 2. The van der Waals surface area contributed by atoms with Crippen LogP contribution >= 0.6 is 23.2 Å².